The molecule has 0 radical (unpaired) electrons. The first-order chi connectivity index (χ1) is 11.6. The van der Waals surface area contributed by atoms with Crippen molar-refractivity contribution >= 4 is 17.4 Å². The van der Waals surface area contributed by atoms with Crippen LogP contribution in [0.5, 0.6) is 5.75 Å². The molecule has 128 valence electrons. The maximum absolute atomic E-state index is 12.1. The zero-order valence-corrected chi connectivity index (χ0v) is 14.2. The lowest BCUT2D eigenvalue weighted by atomic mass is 10.3. The van der Waals surface area contributed by atoms with Crippen LogP contribution in [0.1, 0.15) is 17.4 Å². The summed E-state index contributed by atoms with van der Waals surface area (Å²) < 4.78 is 5.57. The molecule has 0 aliphatic rings. The minimum absolute atomic E-state index is 0.222. The van der Waals surface area contributed by atoms with Crippen molar-refractivity contribution in [2.24, 2.45) is 0 Å². The quantitative estimate of drug-likeness (QED) is 0.770. The lowest BCUT2D eigenvalue weighted by molar-refractivity contribution is 0.0946. The topological polar surface area (TPSA) is 79.4 Å². The highest BCUT2D eigenvalue weighted by Gasteiger charge is 2.10. The first-order valence-electron chi connectivity index (χ1n) is 7.84. The molecule has 1 amide bonds. The molecule has 0 aliphatic carbocycles. The summed E-state index contributed by atoms with van der Waals surface area (Å²) in [4.78, 5) is 22.3. The number of nitrogens with one attached hydrogen (secondary N) is 2. The van der Waals surface area contributed by atoms with E-state index in [4.69, 9.17) is 4.74 Å². The number of para-hydroxylation sites is 2. The van der Waals surface area contributed by atoms with E-state index in [1.165, 1.54) is 6.33 Å². The van der Waals surface area contributed by atoms with Crippen LogP contribution in [0, 0.1) is 0 Å². The number of rotatable bonds is 8. The molecule has 0 bridgehead atoms. The number of likely N-dealkylation sites (N-methyl/N-ethyl adjacent to an activating group) is 1. The Morgan fingerprint density at radius 3 is 2.79 bits per heavy atom. The Morgan fingerprint density at radius 1 is 1.25 bits per heavy atom. The fourth-order valence-corrected chi connectivity index (χ4v) is 2.02. The number of carbonyl (C=O) groups excluding carboxylic acids is 1. The fraction of sp³-hybridized carbons (Fsp3) is 0.353. The van der Waals surface area contributed by atoms with Crippen molar-refractivity contribution in [2.45, 2.75) is 6.92 Å². The Kier molecular flexibility index (Phi) is 6.51. The summed E-state index contributed by atoms with van der Waals surface area (Å²) in [5, 5.41) is 5.99. The highest BCUT2D eigenvalue weighted by Crippen LogP contribution is 2.26. The molecule has 24 heavy (non-hydrogen) atoms. The number of amides is 1. The highest BCUT2D eigenvalue weighted by atomic mass is 16.5. The molecule has 0 unspecified atom stereocenters. The maximum Gasteiger partial charge on any atom is 0.270 e. The minimum atomic E-state index is -0.222. The van der Waals surface area contributed by atoms with Gasteiger partial charge in [-0.2, -0.15) is 0 Å². The summed E-state index contributed by atoms with van der Waals surface area (Å²) in [5.74, 6) is 1.05. The van der Waals surface area contributed by atoms with Crippen LogP contribution in [-0.2, 0) is 0 Å². The highest BCUT2D eigenvalue weighted by molar-refractivity contribution is 5.93. The average molecular weight is 329 g/mol. The van der Waals surface area contributed by atoms with Gasteiger partial charge in [-0.25, -0.2) is 9.97 Å². The predicted molar refractivity (Wildman–Crippen MR) is 93.8 cm³/mol. The van der Waals surface area contributed by atoms with Crippen molar-refractivity contribution in [3.63, 3.8) is 0 Å². The number of ether oxygens (including phenoxy) is 1. The third-order valence-corrected chi connectivity index (χ3v) is 3.19. The van der Waals surface area contributed by atoms with Crippen LogP contribution in [-0.4, -0.2) is 54.6 Å². The maximum atomic E-state index is 12.1. The SMILES string of the molecule is CCOc1ccccc1Nc1cc(C(=O)NCCN(C)C)ncn1. The molecule has 0 saturated carbocycles. The van der Waals surface area contributed by atoms with E-state index in [-0.39, 0.29) is 5.91 Å². The third-order valence-electron chi connectivity index (χ3n) is 3.19. The molecule has 7 nitrogen and oxygen atoms in total. The van der Waals surface area contributed by atoms with Crippen molar-refractivity contribution in [3.05, 3.63) is 42.4 Å². The van der Waals surface area contributed by atoms with E-state index in [2.05, 4.69) is 20.6 Å². The van der Waals surface area contributed by atoms with E-state index in [0.29, 0.717) is 24.7 Å². The summed E-state index contributed by atoms with van der Waals surface area (Å²) in [6, 6.07) is 9.19. The van der Waals surface area contributed by atoms with E-state index in [1.54, 1.807) is 6.07 Å². The lowest BCUT2D eigenvalue weighted by Gasteiger charge is -2.12. The average Bonchev–Trinajstić information content (AvgIpc) is 2.57. The Bertz CT molecular complexity index is 676. The smallest absolute Gasteiger partial charge is 0.270 e. The molecule has 0 saturated heterocycles. The minimum Gasteiger partial charge on any atom is -0.492 e. The van der Waals surface area contributed by atoms with Crippen LogP contribution < -0.4 is 15.4 Å². The second kappa shape index (κ2) is 8.83. The molecule has 7 heteroatoms. The molecule has 2 N–H and O–H groups in total. The van der Waals surface area contributed by atoms with Crippen molar-refractivity contribution < 1.29 is 9.53 Å². The largest absolute Gasteiger partial charge is 0.492 e. The van der Waals surface area contributed by atoms with Crippen LogP contribution in [0.4, 0.5) is 11.5 Å². The monoisotopic (exact) mass is 329 g/mol. The van der Waals surface area contributed by atoms with E-state index < -0.39 is 0 Å². The summed E-state index contributed by atoms with van der Waals surface area (Å²) in [7, 11) is 3.91. The van der Waals surface area contributed by atoms with Crippen LogP contribution in [0.3, 0.4) is 0 Å². The van der Waals surface area contributed by atoms with Gasteiger partial charge in [-0.05, 0) is 33.2 Å². The molecule has 1 heterocycles. The third kappa shape index (κ3) is 5.20. The zero-order valence-electron chi connectivity index (χ0n) is 14.2. The van der Waals surface area contributed by atoms with E-state index in [0.717, 1.165) is 18.0 Å². The van der Waals surface area contributed by atoms with Gasteiger partial charge in [0.05, 0.1) is 12.3 Å². The van der Waals surface area contributed by atoms with Gasteiger partial charge in [0, 0.05) is 19.2 Å². The van der Waals surface area contributed by atoms with Gasteiger partial charge < -0.3 is 20.3 Å². The van der Waals surface area contributed by atoms with E-state index >= 15 is 0 Å². The van der Waals surface area contributed by atoms with Crippen molar-refractivity contribution in [1.82, 2.24) is 20.2 Å². The number of hydrogen-bond donors (Lipinski definition) is 2. The van der Waals surface area contributed by atoms with Crippen molar-refractivity contribution in [2.75, 3.05) is 39.1 Å². The second-order valence-corrected chi connectivity index (χ2v) is 5.40. The van der Waals surface area contributed by atoms with Gasteiger partial charge in [-0.3, -0.25) is 4.79 Å². The Hall–Kier alpha value is -2.67. The van der Waals surface area contributed by atoms with Crippen molar-refractivity contribution in [1.29, 1.82) is 0 Å². The summed E-state index contributed by atoms with van der Waals surface area (Å²) in [6.07, 6.45) is 1.37. The molecule has 0 aliphatic heterocycles. The summed E-state index contributed by atoms with van der Waals surface area (Å²) >= 11 is 0. The zero-order chi connectivity index (χ0) is 17.4. The molecule has 0 atom stereocenters. The van der Waals surface area contributed by atoms with E-state index in [9.17, 15) is 4.79 Å². The molecule has 0 fully saturated rings. The number of anilines is 2. The van der Waals surface area contributed by atoms with Crippen LogP contribution in [0.2, 0.25) is 0 Å². The molecular formula is C17H23N5O2. The van der Waals surface area contributed by atoms with Gasteiger partial charge in [0.15, 0.2) is 0 Å². The molecule has 1 aromatic heterocycles. The molecule has 1 aromatic carbocycles. The Balaban J connectivity index is 2.06. The predicted octanol–water partition coefficient (Wildman–Crippen LogP) is 1.91. The Morgan fingerprint density at radius 2 is 2.04 bits per heavy atom. The Labute approximate surface area is 142 Å². The standard InChI is InChI=1S/C17H23N5O2/c1-4-24-15-8-6-5-7-13(15)21-16-11-14(19-12-20-16)17(23)18-9-10-22(2)3/h5-8,11-12H,4,9-10H2,1-3H3,(H,18,23)(H,19,20,21). The first-order valence-corrected chi connectivity index (χ1v) is 7.84. The van der Waals surface area contributed by atoms with Gasteiger partial charge in [0.1, 0.15) is 23.6 Å². The molecule has 2 rings (SSSR count). The number of carbonyl (C=O) groups is 1. The van der Waals surface area contributed by atoms with Gasteiger partial charge in [0.25, 0.3) is 5.91 Å². The van der Waals surface area contributed by atoms with Gasteiger partial charge in [-0.15, -0.1) is 0 Å². The summed E-state index contributed by atoms with van der Waals surface area (Å²) in [6.45, 7) is 3.83. The van der Waals surface area contributed by atoms with Gasteiger partial charge >= 0.3 is 0 Å². The molecule has 0 spiro atoms. The van der Waals surface area contributed by atoms with Crippen LogP contribution in [0.25, 0.3) is 0 Å². The van der Waals surface area contributed by atoms with Crippen molar-refractivity contribution in [3.8, 4) is 5.75 Å². The van der Waals surface area contributed by atoms with Gasteiger partial charge in [0.2, 0.25) is 0 Å². The van der Waals surface area contributed by atoms with Crippen LogP contribution >= 0.6 is 0 Å². The second-order valence-electron chi connectivity index (χ2n) is 5.40. The number of hydrogen-bond acceptors (Lipinski definition) is 6. The normalized spacial score (nSPS) is 10.5. The lowest BCUT2D eigenvalue weighted by Crippen LogP contribution is -2.31. The van der Waals surface area contributed by atoms with Crippen LogP contribution in [0.15, 0.2) is 36.7 Å². The number of nitrogens with zero attached hydrogens (tertiary/aromatic N) is 3. The van der Waals surface area contributed by atoms with Gasteiger partial charge in [-0.1, -0.05) is 12.1 Å². The molecular weight excluding hydrogens is 306 g/mol. The number of benzene rings is 1. The van der Waals surface area contributed by atoms with E-state index in [1.807, 2.05) is 50.2 Å². The number of aromatic nitrogens is 2. The summed E-state index contributed by atoms with van der Waals surface area (Å²) in [5.41, 5.74) is 1.11. The fourth-order valence-electron chi connectivity index (χ4n) is 2.02. The molecule has 2 aromatic rings. The first kappa shape index (κ1) is 17.7.